The van der Waals surface area contributed by atoms with Gasteiger partial charge in [0.2, 0.25) is 0 Å². The second kappa shape index (κ2) is 12.4. The zero-order valence-electron chi connectivity index (χ0n) is 15.1. The molecule has 9 heteroatoms. The monoisotopic (exact) mass is 377 g/mol. The van der Waals surface area contributed by atoms with E-state index in [2.05, 4.69) is 20.4 Å². The molecular formula is C17H26F3N3O3. The van der Waals surface area contributed by atoms with E-state index in [9.17, 15) is 13.2 Å². The van der Waals surface area contributed by atoms with E-state index in [4.69, 9.17) is 9.47 Å². The Kier molecular flexibility index (Phi) is 10.5. The van der Waals surface area contributed by atoms with Crippen molar-refractivity contribution in [1.29, 1.82) is 0 Å². The molecule has 0 heterocycles. The van der Waals surface area contributed by atoms with Gasteiger partial charge in [-0.3, -0.25) is 0 Å². The van der Waals surface area contributed by atoms with Crippen molar-refractivity contribution >= 4 is 5.96 Å². The lowest BCUT2D eigenvalue weighted by Gasteiger charge is -2.14. The molecular weight excluding hydrogens is 351 g/mol. The van der Waals surface area contributed by atoms with E-state index in [-0.39, 0.29) is 12.3 Å². The molecule has 0 aliphatic rings. The summed E-state index contributed by atoms with van der Waals surface area (Å²) in [6.45, 7) is 4.91. The van der Waals surface area contributed by atoms with Crippen LogP contribution in [0.5, 0.6) is 5.75 Å². The van der Waals surface area contributed by atoms with Gasteiger partial charge in [-0.25, -0.2) is 4.99 Å². The van der Waals surface area contributed by atoms with E-state index in [0.29, 0.717) is 44.4 Å². The first-order valence-electron chi connectivity index (χ1n) is 8.38. The Hall–Kier alpha value is -2.00. The number of benzene rings is 1. The quantitative estimate of drug-likeness (QED) is 0.353. The van der Waals surface area contributed by atoms with Crippen molar-refractivity contribution in [3.63, 3.8) is 0 Å². The van der Waals surface area contributed by atoms with Crippen LogP contribution in [0, 0.1) is 0 Å². The number of nitrogens with zero attached hydrogens (tertiary/aromatic N) is 1. The molecule has 2 N–H and O–H groups in total. The number of rotatable bonds is 11. The largest absolute Gasteiger partial charge is 0.573 e. The topological polar surface area (TPSA) is 64.1 Å². The Labute approximate surface area is 151 Å². The van der Waals surface area contributed by atoms with Crippen LogP contribution in [0.15, 0.2) is 29.3 Å². The van der Waals surface area contributed by atoms with Crippen LogP contribution in [0.25, 0.3) is 0 Å². The number of nitrogens with one attached hydrogen (secondary N) is 2. The highest BCUT2D eigenvalue weighted by Gasteiger charge is 2.31. The van der Waals surface area contributed by atoms with E-state index in [1.807, 2.05) is 6.92 Å². The molecule has 0 amide bonds. The number of guanidine groups is 1. The van der Waals surface area contributed by atoms with Gasteiger partial charge in [-0.05, 0) is 19.4 Å². The Morgan fingerprint density at radius 2 is 1.88 bits per heavy atom. The lowest BCUT2D eigenvalue weighted by Crippen LogP contribution is -2.38. The maximum Gasteiger partial charge on any atom is 0.573 e. The molecule has 0 aromatic heterocycles. The van der Waals surface area contributed by atoms with Gasteiger partial charge < -0.3 is 24.8 Å². The Bertz CT molecular complexity index is 539. The van der Waals surface area contributed by atoms with Crippen molar-refractivity contribution in [2.75, 3.05) is 40.0 Å². The number of alkyl halides is 3. The highest BCUT2D eigenvalue weighted by molar-refractivity contribution is 5.79. The molecule has 1 aromatic rings. The van der Waals surface area contributed by atoms with Crippen LogP contribution < -0.4 is 15.4 Å². The number of methoxy groups -OCH3 is 1. The maximum atomic E-state index is 12.5. The van der Waals surface area contributed by atoms with Gasteiger partial charge in [-0.15, -0.1) is 13.2 Å². The number of para-hydroxylation sites is 1. The summed E-state index contributed by atoms with van der Waals surface area (Å²) in [7, 11) is 1.61. The smallest absolute Gasteiger partial charge is 0.405 e. The average Bonchev–Trinajstić information content (AvgIpc) is 2.58. The average molecular weight is 377 g/mol. The van der Waals surface area contributed by atoms with Gasteiger partial charge in [0, 0.05) is 32.4 Å². The number of ether oxygens (including phenoxy) is 3. The minimum atomic E-state index is -4.73. The second-order valence-electron chi connectivity index (χ2n) is 5.24. The molecule has 148 valence electrons. The zero-order valence-corrected chi connectivity index (χ0v) is 15.1. The van der Waals surface area contributed by atoms with Crippen molar-refractivity contribution < 1.29 is 27.4 Å². The summed E-state index contributed by atoms with van der Waals surface area (Å²) in [5.41, 5.74) is 0.352. The first-order valence-corrected chi connectivity index (χ1v) is 8.38. The highest BCUT2D eigenvalue weighted by Crippen LogP contribution is 2.26. The van der Waals surface area contributed by atoms with Crippen LogP contribution in [-0.4, -0.2) is 52.3 Å². The number of hydrogen-bond donors (Lipinski definition) is 2. The van der Waals surface area contributed by atoms with E-state index in [1.54, 1.807) is 19.2 Å². The number of aliphatic imine (C=N–C) groups is 1. The third kappa shape index (κ3) is 10.1. The molecule has 0 saturated carbocycles. The van der Waals surface area contributed by atoms with Gasteiger partial charge in [0.05, 0.1) is 19.8 Å². The van der Waals surface area contributed by atoms with Crippen molar-refractivity contribution in [1.82, 2.24) is 10.6 Å². The van der Waals surface area contributed by atoms with Crippen LogP contribution in [0.3, 0.4) is 0 Å². The standard InChI is InChI=1S/C17H26F3N3O3/c1-3-21-16(22-9-6-10-25-12-11-24-2)23-13-14-7-4-5-8-15(14)26-17(18,19)20/h4-5,7-8H,3,6,9-13H2,1-2H3,(H2,21,22,23). The van der Waals surface area contributed by atoms with Gasteiger partial charge in [-0.2, -0.15) is 0 Å². The van der Waals surface area contributed by atoms with Gasteiger partial charge in [0.1, 0.15) is 5.75 Å². The van der Waals surface area contributed by atoms with Gasteiger partial charge >= 0.3 is 6.36 Å². The summed E-state index contributed by atoms with van der Waals surface area (Å²) < 4.78 is 51.6. The fourth-order valence-corrected chi connectivity index (χ4v) is 1.99. The van der Waals surface area contributed by atoms with E-state index < -0.39 is 6.36 Å². The minimum Gasteiger partial charge on any atom is -0.405 e. The fraction of sp³-hybridized carbons (Fsp3) is 0.588. The molecule has 0 fully saturated rings. The molecule has 0 spiro atoms. The first-order chi connectivity index (χ1) is 12.5. The van der Waals surface area contributed by atoms with Crippen LogP contribution >= 0.6 is 0 Å². The Balaban J connectivity index is 2.53. The zero-order chi connectivity index (χ0) is 19.3. The van der Waals surface area contributed by atoms with E-state index >= 15 is 0 Å². The molecule has 1 aromatic carbocycles. The predicted octanol–water partition coefficient (Wildman–Crippen LogP) is 2.69. The van der Waals surface area contributed by atoms with Gasteiger partial charge in [0.15, 0.2) is 5.96 Å². The van der Waals surface area contributed by atoms with E-state index in [0.717, 1.165) is 6.42 Å². The molecule has 0 radical (unpaired) electrons. The SMILES string of the molecule is CCNC(=NCc1ccccc1OC(F)(F)F)NCCCOCCOC. The molecule has 26 heavy (non-hydrogen) atoms. The van der Waals surface area contributed by atoms with Crippen molar-refractivity contribution in [2.24, 2.45) is 4.99 Å². The van der Waals surface area contributed by atoms with Crippen LogP contribution in [0.4, 0.5) is 13.2 Å². The Morgan fingerprint density at radius 3 is 2.58 bits per heavy atom. The lowest BCUT2D eigenvalue weighted by atomic mass is 10.2. The second-order valence-corrected chi connectivity index (χ2v) is 5.24. The van der Waals surface area contributed by atoms with Crippen LogP contribution in [0.2, 0.25) is 0 Å². The van der Waals surface area contributed by atoms with Gasteiger partial charge in [-0.1, -0.05) is 18.2 Å². The van der Waals surface area contributed by atoms with Gasteiger partial charge in [0.25, 0.3) is 0 Å². The minimum absolute atomic E-state index is 0.0614. The summed E-state index contributed by atoms with van der Waals surface area (Å²) in [4.78, 5) is 4.31. The summed E-state index contributed by atoms with van der Waals surface area (Å²) in [5, 5.41) is 6.16. The third-order valence-corrected chi connectivity index (χ3v) is 3.14. The number of hydrogen-bond acceptors (Lipinski definition) is 4. The normalized spacial score (nSPS) is 12.1. The molecule has 0 unspecified atom stereocenters. The highest BCUT2D eigenvalue weighted by atomic mass is 19.4. The Morgan fingerprint density at radius 1 is 1.12 bits per heavy atom. The third-order valence-electron chi connectivity index (χ3n) is 3.14. The van der Waals surface area contributed by atoms with Crippen LogP contribution in [-0.2, 0) is 16.0 Å². The summed E-state index contributed by atoms with van der Waals surface area (Å²) in [6, 6.07) is 5.96. The molecule has 0 aliphatic carbocycles. The molecule has 0 atom stereocenters. The molecule has 0 aliphatic heterocycles. The van der Waals surface area contributed by atoms with Crippen molar-refractivity contribution in [3.05, 3.63) is 29.8 Å². The summed E-state index contributed by atoms with van der Waals surface area (Å²) in [6.07, 6.45) is -3.96. The summed E-state index contributed by atoms with van der Waals surface area (Å²) >= 11 is 0. The number of halogens is 3. The lowest BCUT2D eigenvalue weighted by molar-refractivity contribution is -0.274. The van der Waals surface area contributed by atoms with Crippen molar-refractivity contribution in [3.8, 4) is 5.75 Å². The molecule has 6 nitrogen and oxygen atoms in total. The predicted molar refractivity (Wildman–Crippen MR) is 93.3 cm³/mol. The molecule has 0 bridgehead atoms. The molecule has 1 rings (SSSR count). The fourth-order valence-electron chi connectivity index (χ4n) is 1.99. The van der Waals surface area contributed by atoms with Crippen LogP contribution in [0.1, 0.15) is 18.9 Å². The first kappa shape index (κ1) is 22.0. The summed E-state index contributed by atoms with van der Waals surface area (Å²) in [5.74, 6) is 0.275. The maximum absolute atomic E-state index is 12.5. The van der Waals surface area contributed by atoms with Crippen molar-refractivity contribution in [2.45, 2.75) is 26.3 Å². The van der Waals surface area contributed by atoms with E-state index in [1.165, 1.54) is 12.1 Å². The molecule has 0 saturated heterocycles.